The van der Waals surface area contributed by atoms with Crippen molar-refractivity contribution in [3.05, 3.63) is 35.8 Å². The highest BCUT2D eigenvalue weighted by Crippen LogP contribution is 2.47. The van der Waals surface area contributed by atoms with Gasteiger partial charge < -0.3 is 9.72 Å². The van der Waals surface area contributed by atoms with Crippen LogP contribution in [0.25, 0.3) is 11.2 Å². The van der Waals surface area contributed by atoms with Crippen LogP contribution < -0.4 is 0 Å². The van der Waals surface area contributed by atoms with Crippen molar-refractivity contribution >= 4 is 11.2 Å². The summed E-state index contributed by atoms with van der Waals surface area (Å²) in [5.74, 6) is 3.59. The molecule has 8 nitrogen and oxygen atoms in total. The summed E-state index contributed by atoms with van der Waals surface area (Å²) < 4.78 is 5.16. The molecular formula is C18H23N7O. The molecule has 0 spiro atoms. The van der Waals surface area contributed by atoms with Gasteiger partial charge in [0.1, 0.15) is 12.1 Å². The molecule has 0 aromatic carbocycles. The predicted octanol–water partition coefficient (Wildman–Crippen LogP) is 1.85. The van der Waals surface area contributed by atoms with Gasteiger partial charge in [-0.05, 0) is 24.7 Å². The summed E-state index contributed by atoms with van der Waals surface area (Å²) in [5.41, 5.74) is 3.03. The molecule has 0 amide bonds. The Labute approximate surface area is 151 Å². The Bertz CT molecular complexity index is 900. The van der Waals surface area contributed by atoms with Gasteiger partial charge in [0.2, 0.25) is 0 Å². The van der Waals surface area contributed by atoms with Crippen LogP contribution in [0.1, 0.15) is 36.0 Å². The highest BCUT2D eigenvalue weighted by Gasteiger charge is 2.44. The molecule has 26 heavy (non-hydrogen) atoms. The van der Waals surface area contributed by atoms with Gasteiger partial charge in [-0.15, -0.1) is 0 Å². The van der Waals surface area contributed by atoms with Crippen molar-refractivity contribution in [2.45, 2.75) is 31.9 Å². The third-order valence-corrected chi connectivity index (χ3v) is 5.61. The van der Waals surface area contributed by atoms with E-state index in [1.54, 1.807) is 19.5 Å². The Kier molecular flexibility index (Phi) is 3.94. The van der Waals surface area contributed by atoms with Crippen molar-refractivity contribution in [2.24, 2.45) is 11.8 Å². The standard InChI is InChI=1S/C18H23N7O/c1-26-10-15-22-17(24-23-15)14-9-25(8-13(14)11-2-3-11)7-12-6-21-18-16(12)19-4-5-20-18/h4-6,11,13-14H,2-3,7-10H2,1H3,(H,20,21)(H,22,23,24)/t13-,14+/m1/s1. The minimum atomic E-state index is 0.389. The average Bonchev–Trinajstić information content (AvgIpc) is 3.07. The molecule has 1 aliphatic heterocycles. The number of H-pyrrole nitrogens is 2. The fourth-order valence-corrected chi connectivity index (χ4v) is 4.26. The SMILES string of the molecule is COCc1nc([C@H]2CN(Cc3c[nH]c4nccnc34)C[C@@H]2C2CC2)n[nH]1. The van der Waals surface area contributed by atoms with E-state index in [2.05, 4.69) is 35.0 Å². The molecule has 1 aliphatic carbocycles. The zero-order valence-electron chi connectivity index (χ0n) is 14.9. The van der Waals surface area contributed by atoms with E-state index < -0.39 is 0 Å². The van der Waals surface area contributed by atoms with Crippen molar-refractivity contribution < 1.29 is 4.74 Å². The highest BCUT2D eigenvalue weighted by molar-refractivity contribution is 5.74. The van der Waals surface area contributed by atoms with Gasteiger partial charge in [0.25, 0.3) is 0 Å². The van der Waals surface area contributed by atoms with Gasteiger partial charge in [-0.25, -0.2) is 9.97 Å². The van der Waals surface area contributed by atoms with Crippen LogP contribution in [0.2, 0.25) is 0 Å². The smallest absolute Gasteiger partial charge is 0.156 e. The van der Waals surface area contributed by atoms with Crippen LogP contribution in [0.4, 0.5) is 0 Å². The van der Waals surface area contributed by atoms with Crippen molar-refractivity contribution in [2.75, 3.05) is 20.2 Å². The lowest BCUT2D eigenvalue weighted by molar-refractivity contribution is 0.178. The lowest BCUT2D eigenvalue weighted by atomic mass is 9.91. The van der Waals surface area contributed by atoms with Gasteiger partial charge in [-0.2, -0.15) is 5.10 Å². The van der Waals surface area contributed by atoms with Gasteiger partial charge in [0.05, 0.1) is 0 Å². The number of hydrogen-bond acceptors (Lipinski definition) is 6. The molecule has 0 bridgehead atoms. The summed E-state index contributed by atoms with van der Waals surface area (Å²) >= 11 is 0. The summed E-state index contributed by atoms with van der Waals surface area (Å²) in [5, 5.41) is 7.51. The molecule has 0 radical (unpaired) electrons. The van der Waals surface area contributed by atoms with E-state index in [1.165, 1.54) is 18.4 Å². The molecule has 2 atom stereocenters. The van der Waals surface area contributed by atoms with Crippen LogP contribution in [0, 0.1) is 11.8 Å². The van der Waals surface area contributed by atoms with Gasteiger partial charge in [0.15, 0.2) is 17.3 Å². The monoisotopic (exact) mass is 353 g/mol. The van der Waals surface area contributed by atoms with E-state index in [0.717, 1.165) is 48.4 Å². The molecule has 4 heterocycles. The second kappa shape index (κ2) is 6.44. The number of nitrogens with zero attached hydrogens (tertiary/aromatic N) is 5. The zero-order chi connectivity index (χ0) is 17.5. The van der Waals surface area contributed by atoms with Crippen LogP contribution >= 0.6 is 0 Å². The molecule has 2 N–H and O–H groups in total. The summed E-state index contributed by atoms with van der Waals surface area (Å²) in [6.07, 6.45) is 8.18. The quantitative estimate of drug-likeness (QED) is 0.702. The first-order valence-corrected chi connectivity index (χ1v) is 9.21. The largest absolute Gasteiger partial charge is 0.377 e. The first-order valence-electron chi connectivity index (χ1n) is 9.21. The zero-order valence-corrected chi connectivity index (χ0v) is 14.9. The number of likely N-dealkylation sites (tertiary alicyclic amines) is 1. The molecule has 1 saturated carbocycles. The maximum absolute atomic E-state index is 5.16. The second-order valence-corrected chi connectivity index (χ2v) is 7.44. The van der Waals surface area contributed by atoms with Crippen molar-refractivity contribution in [1.29, 1.82) is 0 Å². The molecule has 3 aromatic heterocycles. The lowest BCUT2D eigenvalue weighted by Crippen LogP contribution is -2.20. The molecule has 8 heteroatoms. The Morgan fingerprint density at radius 1 is 1.23 bits per heavy atom. The molecule has 1 saturated heterocycles. The normalized spacial score (nSPS) is 23.9. The number of nitrogens with one attached hydrogen (secondary N) is 2. The van der Waals surface area contributed by atoms with Gasteiger partial charge >= 0.3 is 0 Å². The van der Waals surface area contributed by atoms with Crippen molar-refractivity contribution in [3.63, 3.8) is 0 Å². The number of ether oxygens (including phenoxy) is 1. The minimum Gasteiger partial charge on any atom is -0.377 e. The Hall–Kier alpha value is -2.32. The average molecular weight is 353 g/mol. The van der Waals surface area contributed by atoms with Crippen LogP contribution in [0.5, 0.6) is 0 Å². The first-order chi connectivity index (χ1) is 12.8. The molecule has 3 aromatic rings. The van der Waals surface area contributed by atoms with Crippen LogP contribution in [-0.2, 0) is 17.9 Å². The van der Waals surface area contributed by atoms with E-state index in [4.69, 9.17) is 4.74 Å². The van der Waals surface area contributed by atoms with Gasteiger partial charge in [-0.3, -0.25) is 15.0 Å². The highest BCUT2D eigenvalue weighted by atomic mass is 16.5. The molecule has 5 rings (SSSR count). The minimum absolute atomic E-state index is 0.389. The maximum Gasteiger partial charge on any atom is 0.156 e. The molecule has 136 valence electrons. The Balaban J connectivity index is 1.36. The summed E-state index contributed by atoms with van der Waals surface area (Å²) in [7, 11) is 1.68. The van der Waals surface area contributed by atoms with Crippen LogP contribution in [-0.4, -0.2) is 55.2 Å². The van der Waals surface area contributed by atoms with Gasteiger partial charge in [-0.1, -0.05) is 0 Å². The molecular weight excluding hydrogens is 330 g/mol. The van der Waals surface area contributed by atoms with E-state index >= 15 is 0 Å². The Morgan fingerprint density at radius 2 is 2.12 bits per heavy atom. The molecule has 0 unspecified atom stereocenters. The van der Waals surface area contributed by atoms with E-state index in [-0.39, 0.29) is 0 Å². The third kappa shape index (κ3) is 2.89. The van der Waals surface area contributed by atoms with E-state index in [1.807, 2.05) is 6.20 Å². The predicted molar refractivity (Wildman–Crippen MR) is 95.2 cm³/mol. The number of fused-ring (bicyclic) bond motifs is 1. The fourth-order valence-electron chi connectivity index (χ4n) is 4.26. The number of aromatic amines is 2. The maximum atomic E-state index is 5.16. The third-order valence-electron chi connectivity index (χ3n) is 5.61. The number of hydrogen-bond donors (Lipinski definition) is 2. The summed E-state index contributed by atoms with van der Waals surface area (Å²) in [6, 6.07) is 0. The van der Waals surface area contributed by atoms with Crippen LogP contribution in [0.15, 0.2) is 18.6 Å². The fraction of sp³-hybridized carbons (Fsp3) is 0.556. The summed E-state index contributed by atoms with van der Waals surface area (Å²) in [4.78, 5) is 19.2. The van der Waals surface area contributed by atoms with Crippen molar-refractivity contribution in [1.82, 2.24) is 35.0 Å². The summed E-state index contributed by atoms with van der Waals surface area (Å²) in [6.45, 7) is 3.44. The van der Waals surface area contributed by atoms with E-state index in [0.29, 0.717) is 18.4 Å². The van der Waals surface area contributed by atoms with Gasteiger partial charge in [0, 0.05) is 56.8 Å². The number of rotatable bonds is 6. The first kappa shape index (κ1) is 15.9. The number of aromatic nitrogens is 6. The number of methoxy groups -OCH3 is 1. The van der Waals surface area contributed by atoms with E-state index in [9.17, 15) is 0 Å². The second-order valence-electron chi connectivity index (χ2n) is 7.44. The lowest BCUT2D eigenvalue weighted by Gasteiger charge is -2.14. The molecule has 2 aliphatic rings. The Morgan fingerprint density at radius 3 is 2.96 bits per heavy atom. The topological polar surface area (TPSA) is 95.6 Å². The van der Waals surface area contributed by atoms with Crippen LogP contribution in [0.3, 0.4) is 0 Å². The van der Waals surface area contributed by atoms with Crippen molar-refractivity contribution in [3.8, 4) is 0 Å². The molecule has 2 fully saturated rings.